The molecule has 0 bridgehead atoms. The third kappa shape index (κ3) is 5.21. The van der Waals surface area contributed by atoms with E-state index < -0.39 is 35.8 Å². The molecule has 0 atom stereocenters. The van der Waals surface area contributed by atoms with Gasteiger partial charge in [0.25, 0.3) is 0 Å². The summed E-state index contributed by atoms with van der Waals surface area (Å²) in [5, 5.41) is 11.2. The average Bonchev–Trinajstić information content (AvgIpc) is 2.59. The first-order valence-electron chi connectivity index (χ1n) is 7.56. The van der Waals surface area contributed by atoms with Crippen molar-refractivity contribution in [2.24, 2.45) is 0 Å². The van der Waals surface area contributed by atoms with Crippen LogP contribution in [-0.2, 0) is 15.8 Å². The lowest BCUT2D eigenvalue weighted by Crippen LogP contribution is -2.37. The minimum Gasteiger partial charge on any atom is -0.324 e. The smallest absolute Gasteiger partial charge is 0.324 e. The number of nitrogens with one attached hydrogen (secondary N) is 1. The van der Waals surface area contributed by atoms with E-state index in [1.54, 1.807) is 0 Å². The Kier molecular flexibility index (Phi) is 6.08. The zero-order chi connectivity index (χ0) is 20.2. The minimum atomic E-state index is -4.76. The highest BCUT2D eigenvalue weighted by Gasteiger charge is 2.36. The molecular formula is C18H13ClF3N3O2. The van der Waals surface area contributed by atoms with Crippen molar-refractivity contribution in [2.75, 3.05) is 16.8 Å². The van der Waals surface area contributed by atoms with E-state index in [1.165, 1.54) is 30.3 Å². The Morgan fingerprint density at radius 1 is 1.22 bits per heavy atom. The fourth-order valence-electron chi connectivity index (χ4n) is 2.35. The molecule has 9 heteroatoms. The van der Waals surface area contributed by atoms with E-state index in [0.29, 0.717) is 16.5 Å². The summed E-state index contributed by atoms with van der Waals surface area (Å²) < 4.78 is 39.9. The van der Waals surface area contributed by atoms with E-state index >= 15 is 0 Å². The molecule has 2 aromatic rings. The van der Waals surface area contributed by atoms with Crippen molar-refractivity contribution in [2.45, 2.75) is 13.1 Å². The molecule has 0 aliphatic heterocycles. The average molecular weight is 396 g/mol. The second kappa shape index (κ2) is 8.10. The van der Waals surface area contributed by atoms with E-state index in [9.17, 15) is 22.8 Å². The van der Waals surface area contributed by atoms with Crippen LogP contribution in [0.1, 0.15) is 18.1 Å². The third-order valence-corrected chi connectivity index (χ3v) is 3.75. The number of carbonyl (C=O) groups excluding carboxylic acids is 2. The number of nitriles is 1. The van der Waals surface area contributed by atoms with Gasteiger partial charge in [0.05, 0.1) is 22.9 Å². The summed E-state index contributed by atoms with van der Waals surface area (Å²) >= 11 is 5.64. The standard InChI is InChI=1S/C18H13ClF3N3O2/c1-11(26)25(16-6-5-13(19)8-15(16)18(20,21)22)10-17(27)24-14-4-2-3-12(7-14)9-23/h2-8H,10H2,1H3,(H,24,27). The molecule has 0 fully saturated rings. The molecule has 0 spiro atoms. The number of halogens is 4. The van der Waals surface area contributed by atoms with E-state index in [0.717, 1.165) is 13.0 Å². The molecule has 0 heterocycles. The summed E-state index contributed by atoms with van der Waals surface area (Å²) in [6.45, 7) is 0.412. The van der Waals surface area contributed by atoms with E-state index in [1.807, 2.05) is 6.07 Å². The monoisotopic (exact) mass is 395 g/mol. The highest BCUT2D eigenvalue weighted by atomic mass is 35.5. The van der Waals surface area contributed by atoms with Gasteiger partial charge in [-0.25, -0.2) is 0 Å². The number of rotatable bonds is 4. The van der Waals surface area contributed by atoms with Gasteiger partial charge in [-0.2, -0.15) is 18.4 Å². The van der Waals surface area contributed by atoms with Crippen molar-refractivity contribution in [1.29, 1.82) is 5.26 Å². The van der Waals surface area contributed by atoms with Gasteiger partial charge < -0.3 is 10.2 Å². The molecule has 0 aliphatic carbocycles. The molecule has 2 rings (SSSR count). The highest BCUT2D eigenvalue weighted by molar-refractivity contribution is 6.30. The number of nitrogens with zero attached hydrogens (tertiary/aromatic N) is 2. The van der Waals surface area contributed by atoms with Crippen LogP contribution in [0.5, 0.6) is 0 Å². The van der Waals surface area contributed by atoms with Crippen LogP contribution in [0.25, 0.3) is 0 Å². The first kappa shape index (κ1) is 20.3. The van der Waals surface area contributed by atoms with Gasteiger partial charge >= 0.3 is 6.18 Å². The second-order valence-corrected chi connectivity index (χ2v) is 5.94. The van der Waals surface area contributed by atoms with Crippen LogP contribution in [0.2, 0.25) is 5.02 Å². The lowest BCUT2D eigenvalue weighted by molar-refractivity contribution is -0.137. The summed E-state index contributed by atoms with van der Waals surface area (Å²) in [5.74, 6) is -1.47. The number of anilines is 2. The van der Waals surface area contributed by atoms with Gasteiger partial charge in [-0.1, -0.05) is 17.7 Å². The van der Waals surface area contributed by atoms with E-state index in [2.05, 4.69) is 5.32 Å². The summed E-state index contributed by atoms with van der Waals surface area (Å²) in [7, 11) is 0. The van der Waals surface area contributed by atoms with Crippen molar-refractivity contribution in [3.8, 4) is 6.07 Å². The fraction of sp³-hybridized carbons (Fsp3) is 0.167. The maximum Gasteiger partial charge on any atom is 0.418 e. The maximum absolute atomic E-state index is 13.3. The fourth-order valence-corrected chi connectivity index (χ4v) is 2.52. The highest BCUT2D eigenvalue weighted by Crippen LogP contribution is 2.38. The molecule has 2 amide bonds. The lowest BCUT2D eigenvalue weighted by atomic mass is 10.1. The minimum absolute atomic E-state index is 0.146. The predicted octanol–water partition coefficient (Wildman–Crippen LogP) is 4.22. The number of alkyl halides is 3. The molecule has 27 heavy (non-hydrogen) atoms. The van der Waals surface area contributed by atoms with Gasteiger partial charge in [0.15, 0.2) is 0 Å². The van der Waals surface area contributed by atoms with Crippen molar-refractivity contribution in [1.82, 2.24) is 0 Å². The van der Waals surface area contributed by atoms with Gasteiger partial charge in [0.1, 0.15) is 6.54 Å². The Bertz CT molecular complexity index is 923. The molecule has 0 aliphatic rings. The lowest BCUT2D eigenvalue weighted by Gasteiger charge is -2.24. The van der Waals surface area contributed by atoms with Crippen LogP contribution in [0, 0.1) is 11.3 Å². The maximum atomic E-state index is 13.3. The molecule has 0 aromatic heterocycles. The number of carbonyl (C=O) groups is 2. The van der Waals surface area contributed by atoms with E-state index in [-0.39, 0.29) is 10.7 Å². The van der Waals surface area contributed by atoms with Crippen LogP contribution < -0.4 is 10.2 Å². The van der Waals surface area contributed by atoms with Gasteiger partial charge in [-0.05, 0) is 36.4 Å². The molecule has 140 valence electrons. The number of amides is 2. The normalized spacial score (nSPS) is 10.8. The molecular weight excluding hydrogens is 383 g/mol. The van der Waals surface area contributed by atoms with Crippen LogP contribution in [-0.4, -0.2) is 18.4 Å². The first-order valence-corrected chi connectivity index (χ1v) is 7.94. The number of hydrogen-bond donors (Lipinski definition) is 1. The van der Waals surface area contributed by atoms with Crippen molar-refractivity contribution < 1.29 is 22.8 Å². The summed E-state index contributed by atoms with van der Waals surface area (Å²) in [6.07, 6.45) is -4.76. The second-order valence-electron chi connectivity index (χ2n) is 5.51. The van der Waals surface area contributed by atoms with Gasteiger partial charge in [0.2, 0.25) is 11.8 Å². The molecule has 0 saturated carbocycles. The quantitative estimate of drug-likeness (QED) is 0.842. The predicted molar refractivity (Wildman–Crippen MR) is 94.3 cm³/mol. The van der Waals surface area contributed by atoms with E-state index in [4.69, 9.17) is 16.9 Å². The molecule has 0 radical (unpaired) electrons. The Morgan fingerprint density at radius 2 is 1.93 bits per heavy atom. The zero-order valence-corrected chi connectivity index (χ0v) is 14.7. The number of hydrogen-bond acceptors (Lipinski definition) is 3. The molecule has 0 unspecified atom stereocenters. The summed E-state index contributed by atoms with van der Waals surface area (Å²) in [6, 6.07) is 10.8. The third-order valence-electron chi connectivity index (χ3n) is 3.51. The summed E-state index contributed by atoms with van der Waals surface area (Å²) in [5.41, 5.74) is -1.01. The molecule has 0 saturated heterocycles. The van der Waals surface area contributed by atoms with Crippen molar-refractivity contribution in [3.63, 3.8) is 0 Å². The van der Waals surface area contributed by atoms with Crippen LogP contribution in [0.3, 0.4) is 0 Å². The topological polar surface area (TPSA) is 73.2 Å². The Balaban J connectivity index is 2.30. The Morgan fingerprint density at radius 3 is 2.52 bits per heavy atom. The molecule has 1 N–H and O–H groups in total. The first-order chi connectivity index (χ1) is 12.6. The van der Waals surface area contributed by atoms with Crippen LogP contribution in [0.15, 0.2) is 42.5 Å². The van der Waals surface area contributed by atoms with Crippen LogP contribution in [0.4, 0.5) is 24.5 Å². The zero-order valence-electron chi connectivity index (χ0n) is 14.0. The SMILES string of the molecule is CC(=O)N(CC(=O)Nc1cccc(C#N)c1)c1ccc(Cl)cc1C(F)(F)F. The summed E-state index contributed by atoms with van der Waals surface area (Å²) in [4.78, 5) is 24.8. The molecule has 5 nitrogen and oxygen atoms in total. The Hall–Kier alpha value is -3.05. The number of benzene rings is 2. The van der Waals surface area contributed by atoms with Crippen molar-refractivity contribution in [3.05, 3.63) is 58.6 Å². The van der Waals surface area contributed by atoms with Gasteiger partial charge in [-0.15, -0.1) is 0 Å². The largest absolute Gasteiger partial charge is 0.418 e. The van der Waals surface area contributed by atoms with Gasteiger partial charge in [0, 0.05) is 17.6 Å². The van der Waals surface area contributed by atoms with Crippen molar-refractivity contribution >= 4 is 34.8 Å². The molecule has 2 aromatic carbocycles. The van der Waals surface area contributed by atoms with Gasteiger partial charge in [-0.3, -0.25) is 9.59 Å². The Labute approximate surface area is 158 Å². The van der Waals surface area contributed by atoms with Crippen LogP contribution >= 0.6 is 11.6 Å².